The molecule has 0 aliphatic carbocycles. The monoisotopic (exact) mass is 248 g/mol. The summed E-state index contributed by atoms with van der Waals surface area (Å²) in [5.74, 6) is 0.849. The van der Waals surface area contributed by atoms with E-state index in [0.29, 0.717) is 17.3 Å². The van der Waals surface area contributed by atoms with E-state index in [4.69, 9.17) is 16.0 Å². The van der Waals surface area contributed by atoms with Crippen LogP contribution in [0.5, 0.6) is 0 Å². The maximum atomic E-state index is 5.92. The molecule has 86 valence electrons. The fraction of sp³-hybridized carbons (Fsp3) is 0.0909. The molecule has 0 amide bonds. The summed E-state index contributed by atoms with van der Waals surface area (Å²) in [6, 6.07) is 5.49. The number of H-pyrrole nitrogens is 1. The normalized spacial score (nSPS) is 10.9. The minimum Gasteiger partial charge on any atom is -0.467 e. The van der Waals surface area contributed by atoms with Gasteiger partial charge in [-0.25, -0.2) is 9.97 Å². The molecule has 0 spiro atoms. The van der Waals surface area contributed by atoms with E-state index in [-0.39, 0.29) is 0 Å². The van der Waals surface area contributed by atoms with E-state index in [1.165, 1.54) is 0 Å². The van der Waals surface area contributed by atoms with Crippen LogP contribution < -0.4 is 5.32 Å². The van der Waals surface area contributed by atoms with E-state index < -0.39 is 0 Å². The average Bonchev–Trinajstić information content (AvgIpc) is 2.95. The van der Waals surface area contributed by atoms with E-state index in [1.807, 2.05) is 12.1 Å². The SMILES string of the molecule is Clc1cc(NCc2ccco2)c2nc[nH]c2n1. The van der Waals surface area contributed by atoms with Crippen LogP contribution >= 0.6 is 11.6 Å². The molecule has 0 fully saturated rings. The summed E-state index contributed by atoms with van der Waals surface area (Å²) >= 11 is 5.92. The Balaban J connectivity index is 1.91. The number of aromatic nitrogens is 3. The number of pyridine rings is 1. The molecule has 3 heterocycles. The highest BCUT2D eigenvalue weighted by atomic mass is 35.5. The summed E-state index contributed by atoms with van der Waals surface area (Å²) in [4.78, 5) is 11.2. The number of nitrogens with one attached hydrogen (secondary N) is 2. The van der Waals surface area contributed by atoms with Crippen LogP contribution in [0.25, 0.3) is 11.2 Å². The van der Waals surface area contributed by atoms with Gasteiger partial charge >= 0.3 is 0 Å². The van der Waals surface area contributed by atoms with Gasteiger partial charge in [0.25, 0.3) is 0 Å². The minimum atomic E-state index is 0.420. The van der Waals surface area contributed by atoms with Crippen LogP contribution in [0.4, 0.5) is 5.69 Å². The molecule has 2 N–H and O–H groups in total. The van der Waals surface area contributed by atoms with E-state index in [2.05, 4.69) is 20.3 Å². The number of fused-ring (bicyclic) bond motifs is 1. The number of halogens is 1. The number of hydrogen-bond donors (Lipinski definition) is 2. The van der Waals surface area contributed by atoms with Crippen molar-refractivity contribution in [3.8, 4) is 0 Å². The van der Waals surface area contributed by atoms with E-state index in [1.54, 1.807) is 18.7 Å². The number of rotatable bonds is 3. The summed E-state index contributed by atoms with van der Waals surface area (Å²) < 4.78 is 5.24. The Morgan fingerprint density at radius 2 is 2.41 bits per heavy atom. The van der Waals surface area contributed by atoms with Crippen molar-refractivity contribution in [3.63, 3.8) is 0 Å². The molecular formula is C11H9ClN4O. The molecule has 0 atom stereocenters. The number of furan rings is 1. The fourth-order valence-corrected chi connectivity index (χ4v) is 1.82. The first-order chi connectivity index (χ1) is 8.33. The van der Waals surface area contributed by atoms with Gasteiger partial charge < -0.3 is 14.7 Å². The summed E-state index contributed by atoms with van der Waals surface area (Å²) in [7, 11) is 0. The maximum Gasteiger partial charge on any atom is 0.161 e. The van der Waals surface area contributed by atoms with Crippen molar-refractivity contribution in [2.45, 2.75) is 6.54 Å². The summed E-state index contributed by atoms with van der Waals surface area (Å²) in [5, 5.41) is 3.64. The number of imidazole rings is 1. The lowest BCUT2D eigenvalue weighted by molar-refractivity contribution is 0.518. The number of hydrogen-bond acceptors (Lipinski definition) is 4. The molecule has 0 saturated heterocycles. The zero-order chi connectivity index (χ0) is 11.7. The van der Waals surface area contributed by atoms with Crippen molar-refractivity contribution >= 4 is 28.5 Å². The molecule has 0 aromatic carbocycles. The van der Waals surface area contributed by atoms with Crippen LogP contribution in [-0.4, -0.2) is 15.0 Å². The molecule has 0 unspecified atom stereocenters. The molecule has 0 aliphatic heterocycles. The second-order valence-electron chi connectivity index (χ2n) is 3.53. The highest BCUT2D eigenvalue weighted by Gasteiger charge is 2.07. The molecule has 5 nitrogen and oxygen atoms in total. The van der Waals surface area contributed by atoms with Crippen LogP contribution in [0.15, 0.2) is 35.2 Å². The van der Waals surface area contributed by atoms with Crippen molar-refractivity contribution in [1.82, 2.24) is 15.0 Å². The molecule has 17 heavy (non-hydrogen) atoms. The molecule has 3 rings (SSSR count). The first-order valence-corrected chi connectivity index (χ1v) is 5.46. The van der Waals surface area contributed by atoms with E-state index in [0.717, 1.165) is 17.0 Å². The first kappa shape index (κ1) is 10.2. The van der Waals surface area contributed by atoms with Crippen LogP contribution in [0.3, 0.4) is 0 Å². The number of aromatic amines is 1. The Morgan fingerprint density at radius 1 is 1.47 bits per heavy atom. The van der Waals surface area contributed by atoms with Crippen molar-refractivity contribution in [3.05, 3.63) is 41.7 Å². The molecule has 0 radical (unpaired) electrons. The Kier molecular flexibility index (Phi) is 2.45. The Bertz CT molecular complexity index is 632. The van der Waals surface area contributed by atoms with Crippen LogP contribution in [0.2, 0.25) is 5.15 Å². The summed E-state index contributed by atoms with van der Waals surface area (Å²) in [6.07, 6.45) is 3.23. The third kappa shape index (κ3) is 1.97. The molecule has 0 saturated carbocycles. The molecule has 0 bridgehead atoms. The summed E-state index contributed by atoms with van der Waals surface area (Å²) in [5.41, 5.74) is 2.26. The van der Waals surface area contributed by atoms with Gasteiger partial charge in [0.1, 0.15) is 16.4 Å². The lowest BCUT2D eigenvalue weighted by atomic mass is 10.3. The van der Waals surface area contributed by atoms with Gasteiger partial charge in [0.2, 0.25) is 0 Å². The predicted molar refractivity (Wildman–Crippen MR) is 64.9 cm³/mol. The van der Waals surface area contributed by atoms with Gasteiger partial charge in [0.05, 0.1) is 24.8 Å². The van der Waals surface area contributed by atoms with Crippen LogP contribution in [-0.2, 0) is 6.54 Å². The fourth-order valence-electron chi connectivity index (χ4n) is 1.63. The van der Waals surface area contributed by atoms with Crippen molar-refractivity contribution in [2.24, 2.45) is 0 Å². The standard InChI is InChI=1S/C11H9ClN4O/c12-9-4-8(10-11(16-9)15-6-14-10)13-5-7-2-1-3-17-7/h1-4,6H,5H2,(H2,13,14,15,16). The lowest BCUT2D eigenvalue weighted by Crippen LogP contribution is -1.99. The number of nitrogens with zero attached hydrogens (tertiary/aromatic N) is 2. The van der Waals surface area contributed by atoms with Gasteiger partial charge in [0.15, 0.2) is 5.65 Å². The van der Waals surface area contributed by atoms with Gasteiger partial charge in [-0.1, -0.05) is 11.6 Å². The van der Waals surface area contributed by atoms with Gasteiger partial charge in [0, 0.05) is 6.07 Å². The van der Waals surface area contributed by atoms with Gasteiger partial charge in [-0.15, -0.1) is 0 Å². The molecule has 3 aromatic rings. The predicted octanol–water partition coefficient (Wildman–Crippen LogP) is 2.82. The van der Waals surface area contributed by atoms with Gasteiger partial charge in [-0.3, -0.25) is 0 Å². The molecule has 3 aromatic heterocycles. The third-order valence-corrected chi connectivity index (χ3v) is 2.58. The second kappa shape index (κ2) is 4.10. The Labute approximate surface area is 102 Å². The number of anilines is 1. The van der Waals surface area contributed by atoms with Gasteiger partial charge in [-0.05, 0) is 12.1 Å². The Hall–Kier alpha value is -2.01. The smallest absolute Gasteiger partial charge is 0.161 e. The third-order valence-electron chi connectivity index (χ3n) is 2.39. The second-order valence-corrected chi connectivity index (χ2v) is 3.91. The highest BCUT2D eigenvalue weighted by Crippen LogP contribution is 2.23. The largest absolute Gasteiger partial charge is 0.467 e. The van der Waals surface area contributed by atoms with Crippen molar-refractivity contribution in [2.75, 3.05) is 5.32 Å². The molecular weight excluding hydrogens is 240 g/mol. The van der Waals surface area contributed by atoms with Crippen LogP contribution in [0.1, 0.15) is 5.76 Å². The van der Waals surface area contributed by atoms with Crippen molar-refractivity contribution in [1.29, 1.82) is 0 Å². The Morgan fingerprint density at radius 3 is 3.24 bits per heavy atom. The minimum absolute atomic E-state index is 0.420. The molecule has 0 aliphatic rings. The van der Waals surface area contributed by atoms with Crippen LogP contribution in [0, 0.1) is 0 Å². The molecule has 6 heteroatoms. The first-order valence-electron chi connectivity index (χ1n) is 5.09. The van der Waals surface area contributed by atoms with Gasteiger partial charge in [-0.2, -0.15) is 0 Å². The highest BCUT2D eigenvalue weighted by molar-refractivity contribution is 6.30. The van der Waals surface area contributed by atoms with E-state index in [9.17, 15) is 0 Å². The topological polar surface area (TPSA) is 66.7 Å². The van der Waals surface area contributed by atoms with E-state index >= 15 is 0 Å². The quantitative estimate of drug-likeness (QED) is 0.700. The zero-order valence-electron chi connectivity index (χ0n) is 8.77. The lowest BCUT2D eigenvalue weighted by Gasteiger charge is -2.05. The zero-order valence-corrected chi connectivity index (χ0v) is 9.53. The van der Waals surface area contributed by atoms with Crippen molar-refractivity contribution < 1.29 is 4.42 Å². The summed E-state index contributed by atoms with van der Waals surface area (Å²) in [6.45, 7) is 0.579. The maximum absolute atomic E-state index is 5.92. The average molecular weight is 249 g/mol.